The van der Waals surface area contributed by atoms with Gasteiger partial charge in [0, 0.05) is 18.7 Å². The molecule has 0 fully saturated rings. The molecule has 7 nitrogen and oxygen atoms in total. The summed E-state index contributed by atoms with van der Waals surface area (Å²) in [5.74, 6) is 0.898. The Labute approximate surface area is 120 Å². The van der Waals surface area contributed by atoms with Crippen LogP contribution in [0.25, 0.3) is 0 Å². The minimum atomic E-state index is -0.381. The Morgan fingerprint density at radius 2 is 1.86 bits per heavy atom. The largest absolute Gasteiger partial charge is 0.497 e. The van der Waals surface area contributed by atoms with Crippen molar-refractivity contribution in [2.75, 3.05) is 14.2 Å². The van der Waals surface area contributed by atoms with Gasteiger partial charge in [0.15, 0.2) is 0 Å². The van der Waals surface area contributed by atoms with Crippen LogP contribution in [0.2, 0.25) is 0 Å². The summed E-state index contributed by atoms with van der Waals surface area (Å²) in [6.07, 6.45) is 0. The molecule has 0 spiro atoms. The molecular formula is C14H15N3O4. The first-order valence-corrected chi connectivity index (χ1v) is 6.18. The molecule has 0 saturated carbocycles. The van der Waals surface area contributed by atoms with Gasteiger partial charge in [-0.3, -0.25) is 9.59 Å². The topological polar surface area (TPSA) is 93.3 Å². The van der Waals surface area contributed by atoms with E-state index in [4.69, 9.17) is 9.47 Å². The van der Waals surface area contributed by atoms with Gasteiger partial charge in [-0.05, 0) is 23.8 Å². The van der Waals surface area contributed by atoms with Gasteiger partial charge in [0.1, 0.15) is 17.2 Å². The van der Waals surface area contributed by atoms with Crippen LogP contribution in [0, 0.1) is 0 Å². The van der Waals surface area contributed by atoms with E-state index in [9.17, 15) is 9.59 Å². The van der Waals surface area contributed by atoms with Crippen LogP contribution < -0.4 is 20.3 Å². The van der Waals surface area contributed by atoms with Gasteiger partial charge < -0.3 is 14.8 Å². The van der Waals surface area contributed by atoms with E-state index in [-0.39, 0.29) is 23.7 Å². The molecule has 2 rings (SSSR count). The summed E-state index contributed by atoms with van der Waals surface area (Å²) in [6.45, 7) is 0.285. The summed E-state index contributed by atoms with van der Waals surface area (Å²) in [7, 11) is 3.11. The summed E-state index contributed by atoms with van der Waals surface area (Å²) >= 11 is 0. The molecule has 1 aromatic carbocycles. The lowest BCUT2D eigenvalue weighted by atomic mass is 10.2. The summed E-state index contributed by atoms with van der Waals surface area (Å²) in [5.41, 5.74) is 0.609. The molecule has 2 N–H and O–H groups in total. The molecule has 0 unspecified atom stereocenters. The van der Waals surface area contributed by atoms with E-state index >= 15 is 0 Å². The Morgan fingerprint density at radius 1 is 1.19 bits per heavy atom. The van der Waals surface area contributed by atoms with Gasteiger partial charge in [-0.25, -0.2) is 5.10 Å². The smallest absolute Gasteiger partial charge is 0.271 e. The number of amides is 1. The first kappa shape index (κ1) is 14.6. The molecule has 0 bridgehead atoms. The maximum absolute atomic E-state index is 11.9. The van der Waals surface area contributed by atoms with Crippen molar-refractivity contribution >= 4 is 5.91 Å². The van der Waals surface area contributed by atoms with Gasteiger partial charge in [-0.1, -0.05) is 0 Å². The minimum absolute atomic E-state index is 0.143. The molecule has 2 aromatic rings. The Kier molecular flexibility index (Phi) is 4.55. The van der Waals surface area contributed by atoms with Crippen molar-refractivity contribution in [3.63, 3.8) is 0 Å². The van der Waals surface area contributed by atoms with Crippen LogP contribution in [0.1, 0.15) is 16.1 Å². The number of H-pyrrole nitrogens is 1. The molecule has 0 radical (unpaired) electrons. The summed E-state index contributed by atoms with van der Waals surface area (Å²) in [4.78, 5) is 22.8. The molecule has 21 heavy (non-hydrogen) atoms. The van der Waals surface area contributed by atoms with Crippen LogP contribution >= 0.6 is 0 Å². The highest BCUT2D eigenvalue weighted by molar-refractivity contribution is 5.91. The molecule has 1 heterocycles. The highest BCUT2D eigenvalue weighted by Gasteiger charge is 2.08. The number of carbonyl (C=O) groups excluding carboxylic acids is 1. The third kappa shape index (κ3) is 3.82. The van der Waals surface area contributed by atoms with Gasteiger partial charge in [0.25, 0.3) is 11.5 Å². The van der Waals surface area contributed by atoms with Crippen molar-refractivity contribution in [1.29, 1.82) is 0 Å². The second-order valence-corrected chi connectivity index (χ2v) is 4.21. The standard InChI is InChI=1S/C14H15N3O4/c1-20-10-5-9(6-11(7-10)21-2)8-15-14(19)12-3-4-13(18)17-16-12/h3-7H,8H2,1-2H3,(H,15,19)(H,17,18). The lowest BCUT2D eigenvalue weighted by Gasteiger charge is -2.09. The van der Waals surface area contributed by atoms with E-state index < -0.39 is 0 Å². The van der Waals surface area contributed by atoms with Crippen LogP contribution in [0.4, 0.5) is 0 Å². The summed E-state index contributed by atoms with van der Waals surface area (Å²) in [5, 5.41) is 8.57. The van der Waals surface area contributed by atoms with E-state index in [0.717, 1.165) is 5.56 Å². The van der Waals surface area contributed by atoms with Crippen molar-refractivity contribution in [2.45, 2.75) is 6.54 Å². The first-order chi connectivity index (χ1) is 10.1. The number of benzene rings is 1. The van der Waals surface area contributed by atoms with Crippen LogP contribution in [0.3, 0.4) is 0 Å². The first-order valence-electron chi connectivity index (χ1n) is 6.18. The van der Waals surface area contributed by atoms with Crippen molar-refractivity contribution in [2.24, 2.45) is 0 Å². The van der Waals surface area contributed by atoms with Crippen LogP contribution in [0.15, 0.2) is 35.1 Å². The molecule has 0 aliphatic heterocycles. The lowest BCUT2D eigenvalue weighted by molar-refractivity contribution is 0.0944. The number of methoxy groups -OCH3 is 2. The van der Waals surface area contributed by atoms with Crippen LogP contribution in [-0.2, 0) is 6.54 Å². The van der Waals surface area contributed by atoms with Gasteiger partial charge in [0.2, 0.25) is 0 Å². The lowest BCUT2D eigenvalue weighted by Crippen LogP contribution is -2.25. The zero-order valence-corrected chi connectivity index (χ0v) is 11.7. The summed E-state index contributed by atoms with van der Waals surface area (Å²) < 4.78 is 10.3. The van der Waals surface area contributed by atoms with Crippen molar-refractivity contribution < 1.29 is 14.3 Å². The average Bonchev–Trinajstić information content (AvgIpc) is 2.52. The van der Waals surface area contributed by atoms with Crippen LogP contribution in [0.5, 0.6) is 11.5 Å². The fourth-order valence-corrected chi connectivity index (χ4v) is 1.71. The third-order valence-electron chi connectivity index (χ3n) is 2.78. The molecule has 0 aliphatic carbocycles. The van der Waals surface area contributed by atoms with Gasteiger partial charge in [0.05, 0.1) is 14.2 Å². The number of carbonyl (C=O) groups is 1. The zero-order chi connectivity index (χ0) is 15.2. The van der Waals surface area contributed by atoms with Gasteiger partial charge in [-0.15, -0.1) is 0 Å². The number of nitrogens with one attached hydrogen (secondary N) is 2. The molecule has 110 valence electrons. The Bertz CT molecular complexity index is 654. The average molecular weight is 289 g/mol. The Balaban J connectivity index is 2.07. The normalized spacial score (nSPS) is 10.0. The quantitative estimate of drug-likeness (QED) is 0.846. The maximum atomic E-state index is 11.9. The molecule has 0 atom stereocenters. The number of hydrogen-bond acceptors (Lipinski definition) is 5. The molecule has 1 amide bonds. The number of rotatable bonds is 5. The Morgan fingerprint density at radius 3 is 2.38 bits per heavy atom. The van der Waals surface area contributed by atoms with E-state index in [2.05, 4.69) is 15.5 Å². The number of aromatic nitrogens is 2. The minimum Gasteiger partial charge on any atom is -0.497 e. The predicted molar refractivity (Wildman–Crippen MR) is 75.6 cm³/mol. The van der Waals surface area contributed by atoms with Gasteiger partial charge in [-0.2, -0.15) is 5.10 Å². The number of ether oxygens (including phenoxy) is 2. The van der Waals surface area contributed by atoms with Crippen molar-refractivity contribution in [3.8, 4) is 11.5 Å². The SMILES string of the molecule is COc1cc(CNC(=O)c2ccc(=O)[nH]n2)cc(OC)c1. The zero-order valence-electron chi connectivity index (χ0n) is 11.7. The van der Waals surface area contributed by atoms with E-state index in [1.807, 2.05) is 0 Å². The summed E-state index contributed by atoms with van der Waals surface area (Å²) in [6, 6.07) is 7.94. The van der Waals surface area contributed by atoms with E-state index in [1.165, 1.54) is 12.1 Å². The molecule has 7 heteroatoms. The Hall–Kier alpha value is -2.83. The maximum Gasteiger partial charge on any atom is 0.271 e. The molecule has 0 saturated heterocycles. The highest BCUT2D eigenvalue weighted by atomic mass is 16.5. The monoisotopic (exact) mass is 289 g/mol. The molecule has 0 aliphatic rings. The van der Waals surface area contributed by atoms with Crippen LogP contribution in [-0.4, -0.2) is 30.3 Å². The third-order valence-corrected chi connectivity index (χ3v) is 2.78. The second-order valence-electron chi connectivity index (χ2n) is 4.21. The number of aromatic amines is 1. The number of nitrogens with zero attached hydrogens (tertiary/aromatic N) is 1. The van der Waals surface area contributed by atoms with E-state index in [1.54, 1.807) is 32.4 Å². The predicted octanol–water partition coefficient (Wildman–Crippen LogP) is 0.717. The van der Waals surface area contributed by atoms with Crippen molar-refractivity contribution in [1.82, 2.24) is 15.5 Å². The highest BCUT2D eigenvalue weighted by Crippen LogP contribution is 2.22. The van der Waals surface area contributed by atoms with Gasteiger partial charge >= 0.3 is 0 Å². The molecular weight excluding hydrogens is 274 g/mol. The molecule has 1 aromatic heterocycles. The van der Waals surface area contributed by atoms with E-state index in [0.29, 0.717) is 11.5 Å². The van der Waals surface area contributed by atoms with Crippen molar-refractivity contribution in [3.05, 3.63) is 51.9 Å². The fourth-order valence-electron chi connectivity index (χ4n) is 1.71. The number of hydrogen-bond donors (Lipinski definition) is 2. The second kappa shape index (κ2) is 6.56. The fraction of sp³-hybridized carbons (Fsp3) is 0.214.